The highest BCUT2D eigenvalue weighted by Gasteiger charge is 2.14. The molecule has 1 aliphatic rings. The first-order valence-corrected chi connectivity index (χ1v) is 10.2. The molecule has 2 heterocycles. The quantitative estimate of drug-likeness (QED) is 0.424. The summed E-state index contributed by atoms with van der Waals surface area (Å²) in [6, 6.07) is 2.13. The molecule has 1 atom stereocenters. The van der Waals surface area contributed by atoms with Gasteiger partial charge in [0.05, 0.1) is 5.69 Å². The minimum atomic E-state index is 0.488. The second kappa shape index (κ2) is 10.6. The maximum atomic E-state index is 4.55. The Bertz CT molecular complexity index is 557. The molecule has 1 aromatic heterocycles. The molecule has 1 aromatic rings. The van der Waals surface area contributed by atoms with E-state index in [2.05, 4.69) is 57.1 Å². The molecule has 0 bridgehead atoms. The number of nitrogens with one attached hydrogen (secondary N) is 2. The van der Waals surface area contributed by atoms with Gasteiger partial charge in [-0.3, -0.25) is 9.67 Å². The van der Waals surface area contributed by atoms with Gasteiger partial charge >= 0.3 is 0 Å². The van der Waals surface area contributed by atoms with Crippen LogP contribution in [0.3, 0.4) is 0 Å². The van der Waals surface area contributed by atoms with Crippen LogP contribution < -0.4 is 10.6 Å². The maximum Gasteiger partial charge on any atom is 0.190 e. The second-order valence-corrected chi connectivity index (χ2v) is 7.97. The molecule has 148 valence electrons. The van der Waals surface area contributed by atoms with Crippen LogP contribution in [0.4, 0.5) is 0 Å². The minimum Gasteiger partial charge on any atom is -0.356 e. The van der Waals surface area contributed by atoms with E-state index in [0.717, 1.165) is 43.6 Å². The predicted octanol–water partition coefficient (Wildman–Crippen LogP) is 2.42. The van der Waals surface area contributed by atoms with E-state index >= 15 is 0 Å². The van der Waals surface area contributed by atoms with Gasteiger partial charge < -0.3 is 15.5 Å². The lowest BCUT2D eigenvalue weighted by Crippen LogP contribution is -2.41. The molecule has 2 N–H and O–H groups in total. The Labute approximate surface area is 159 Å². The van der Waals surface area contributed by atoms with Crippen molar-refractivity contribution in [3.8, 4) is 0 Å². The van der Waals surface area contributed by atoms with E-state index in [1.807, 2.05) is 14.0 Å². The smallest absolute Gasteiger partial charge is 0.190 e. The normalized spacial score (nSPS) is 18.1. The molecule has 1 unspecified atom stereocenters. The number of nitrogens with zero attached hydrogens (tertiary/aromatic N) is 4. The van der Waals surface area contributed by atoms with Crippen LogP contribution in [-0.2, 0) is 6.54 Å². The Hall–Kier alpha value is -1.56. The molecule has 6 nitrogen and oxygen atoms in total. The summed E-state index contributed by atoms with van der Waals surface area (Å²) in [5, 5.41) is 11.4. The largest absolute Gasteiger partial charge is 0.356 e. The van der Waals surface area contributed by atoms with Gasteiger partial charge in [0.25, 0.3) is 0 Å². The van der Waals surface area contributed by atoms with Crippen molar-refractivity contribution in [2.24, 2.45) is 16.8 Å². The van der Waals surface area contributed by atoms with E-state index in [4.69, 9.17) is 0 Å². The predicted molar refractivity (Wildman–Crippen MR) is 110 cm³/mol. The van der Waals surface area contributed by atoms with Crippen LogP contribution in [0, 0.1) is 25.7 Å². The molecule has 0 amide bonds. The zero-order valence-electron chi connectivity index (χ0n) is 17.4. The highest BCUT2D eigenvalue weighted by atomic mass is 15.3. The number of likely N-dealkylation sites (tertiary alicyclic amines) is 1. The van der Waals surface area contributed by atoms with Crippen LogP contribution in [-0.4, -0.2) is 60.4 Å². The molecule has 6 heteroatoms. The number of piperidine rings is 1. The number of rotatable bonds is 8. The number of aliphatic imine (C=N–C) groups is 1. The van der Waals surface area contributed by atoms with Crippen molar-refractivity contribution in [3.05, 3.63) is 17.5 Å². The summed E-state index contributed by atoms with van der Waals surface area (Å²) in [5.41, 5.74) is 2.31. The maximum absolute atomic E-state index is 4.55. The first kappa shape index (κ1) is 20.7. The molecular formula is C20H38N6. The summed E-state index contributed by atoms with van der Waals surface area (Å²) in [5.74, 6) is 2.29. The standard InChI is InChI=1S/C20H38N6/c1-16-7-11-25(12-8-16)10-6-9-22-20(21-5)23-14-17(2)15-26-19(4)13-18(3)24-26/h13,16-17H,6-12,14-15H2,1-5H3,(H2,21,22,23). The summed E-state index contributed by atoms with van der Waals surface area (Å²) >= 11 is 0. The van der Waals surface area contributed by atoms with Crippen molar-refractivity contribution in [3.63, 3.8) is 0 Å². The Kier molecular flexibility index (Phi) is 8.42. The van der Waals surface area contributed by atoms with E-state index in [-0.39, 0.29) is 0 Å². The SMILES string of the molecule is CN=C(NCCCN1CCC(C)CC1)NCC(C)Cn1nc(C)cc1C. The molecule has 1 aliphatic heterocycles. The number of aryl methyl sites for hydroxylation is 2. The van der Waals surface area contributed by atoms with Gasteiger partial charge in [-0.2, -0.15) is 5.10 Å². The summed E-state index contributed by atoms with van der Waals surface area (Å²) in [6.07, 6.45) is 3.87. The first-order chi connectivity index (χ1) is 12.5. The van der Waals surface area contributed by atoms with Gasteiger partial charge in [0, 0.05) is 32.4 Å². The van der Waals surface area contributed by atoms with Crippen LogP contribution in [0.2, 0.25) is 0 Å². The fourth-order valence-corrected chi connectivity index (χ4v) is 3.51. The highest BCUT2D eigenvalue weighted by molar-refractivity contribution is 5.79. The molecule has 0 spiro atoms. The first-order valence-electron chi connectivity index (χ1n) is 10.2. The van der Waals surface area contributed by atoms with Crippen molar-refractivity contribution in [2.45, 2.75) is 53.5 Å². The topological polar surface area (TPSA) is 57.5 Å². The average Bonchev–Trinajstić information content (AvgIpc) is 2.93. The fourth-order valence-electron chi connectivity index (χ4n) is 3.51. The van der Waals surface area contributed by atoms with Crippen LogP contribution in [0.5, 0.6) is 0 Å². The van der Waals surface area contributed by atoms with Gasteiger partial charge in [0.15, 0.2) is 5.96 Å². The van der Waals surface area contributed by atoms with Crippen LogP contribution >= 0.6 is 0 Å². The van der Waals surface area contributed by atoms with Gasteiger partial charge in [-0.05, 0) is 70.6 Å². The summed E-state index contributed by atoms with van der Waals surface area (Å²) in [4.78, 5) is 6.93. The van der Waals surface area contributed by atoms with E-state index < -0.39 is 0 Å². The number of aromatic nitrogens is 2. The van der Waals surface area contributed by atoms with Gasteiger partial charge in [-0.1, -0.05) is 13.8 Å². The molecule has 26 heavy (non-hydrogen) atoms. The molecule has 0 radical (unpaired) electrons. The van der Waals surface area contributed by atoms with Crippen molar-refractivity contribution in [1.29, 1.82) is 0 Å². The Balaban J connectivity index is 1.60. The average molecular weight is 363 g/mol. The molecule has 1 saturated heterocycles. The molecule has 0 aliphatic carbocycles. The van der Waals surface area contributed by atoms with Gasteiger partial charge in [-0.15, -0.1) is 0 Å². The third-order valence-electron chi connectivity index (χ3n) is 5.25. The van der Waals surface area contributed by atoms with Crippen molar-refractivity contribution in [1.82, 2.24) is 25.3 Å². The monoisotopic (exact) mass is 362 g/mol. The fraction of sp³-hybridized carbons (Fsp3) is 0.800. The van der Waals surface area contributed by atoms with Crippen molar-refractivity contribution < 1.29 is 0 Å². The third kappa shape index (κ3) is 6.98. The van der Waals surface area contributed by atoms with E-state index in [9.17, 15) is 0 Å². The zero-order valence-corrected chi connectivity index (χ0v) is 17.4. The van der Waals surface area contributed by atoms with Crippen LogP contribution in [0.25, 0.3) is 0 Å². The lowest BCUT2D eigenvalue weighted by Gasteiger charge is -2.30. The minimum absolute atomic E-state index is 0.488. The number of hydrogen-bond acceptors (Lipinski definition) is 3. The lowest BCUT2D eigenvalue weighted by molar-refractivity contribution is 0.191. The molecule has 2 rings (SSSR count). The number of hydrogen-bond donors (Lipinski definition) is 2. The molecule has 1 fully saturated rings. The molecular weight excluding hydrogens is 324 g/mol. The highest BCUT2D eigenvalue weighted by Crippen LogP contribution is 2.15. The lowest BCUT2D eigenvalue weighted by atomic mass is 9.99. The van der Waals surface area contributed by atoms with Gasteiger partial charge in [0.2, 0.25) is 0 Å². The second-order valence-electron chi connectivity index (χ2n) is 7.97. The third-order valence-corrected chi connectivity index (χ3v) is 5.25. The number of guanidine groups is 1. The Morgan fingerprint density at radius 2 is 2.04 bits per heavy atom. The van der Waals surface area contributed by atoms with E-state index in [0.29, 0.717) is 5.92 Å². The zero-order chi connectivity index (χ0) is 18.9. The van der Waals surface area contributed by atoms with Crippen molar-refractivity contribution >= 4 is 5.96 Å². The molecule has 0 aromatic carbocycles. The summed E-state index contributed by atoms with van der Waals surface area (Å²) in [6.45, 7) is 15.3. The Morgan fingerprint density at radius 3 is 2.65 bits per heavy atom. The van der Waals surface area contributed by atoms with Gasteiger partial charge in [0.1, 0.15) is 0 Å². The van der Waals surface area contributed by atoms with E-state index in [1.165, 1.54) is 38.2 Å². The molecule has 0 saturated carbocycles. The van der Waals surface area contributed by atoms with Crippen LogP contribution in [0.1, 0.15) is 44.5 Å². The van der Waals surface area contributed by atoms with Crippen LogP contribution in [0.15, 0.2) is 11.1 Å². The van der Waals surface area contributed by atoms with Gasteiger partial charge in [-0.25, -0.2) is 0 Å². The summed E-state index contributed by atoms with van der Waals surface area (Å²) < 4.78 is 2.09. The van der Waals surface area contributed by atoms with E-state index in [1.54, 1.807) is 0 Å². The van der Waals surface area contributed by atoms with Crippen molar-refractivity contribution in [2.75, 3.05) is 39.8 Å². The summed E-state index contributed by atoms with van der Waals surface area (Å²) in [7, 11) is 1.84. The Morgan fingerprint density at radius 1 is 1.31 bits per heavy atom.